The van der Waals surface area contributed by atoms with Gasteiger partial charge < -0.3 is 0 Å². The second kappa shape index (κ2) is 6.59. The van der Waals surface area contributed by atoms with Gasteiger partial charge in [-0.3, -0.25) is 4.90 Å². The summed E-state index contributed by atoms with van der Waals surface area (Å²) in [6.07, 6.45) is 3.70. The molecule has 3 rings (SSSR count). The van der Waals surface area contributed by atoms with Crippen LogP contribution < -0.4 is 0 Å². The van der Waals surface area contributed by atoms with Gasteiger partial charge in [0.1, 0.15) is 0 Å². The zero-order chi connectivity index (χ0) is 15.7. The molecule has 4 nitrogen and oxygen atoms in total. The van der Waals surface area contributed by atoms with E-state index in [1.807, 2.05) is 0 Å². The fraction of sp³-hybridized carbons (Fsp3) is 0.625. The fourth-order valence-electron chi connectivity index (χ4n) is 3.13. The highest BCUT2D eigenvalue weighted by Gasteiger charge is 2.41. The number of halogens is 1. The summed E-state index contributed by atoms with van der Waals surface area (Å²) in [7, 11) is -1.30. The molecule has 1 heterocycles. The number of benzene rings is 1. The van der Waals surface area contributed by atoms with Gasteiger partial charge in [0, 0.05) is 30.7 Å². The van der Waals surface area contributed by atoms with Crippen LogP contribution in [0.1, 0.15) is 31.2 Å². The van der Waals surface area contributed by atoms with E-state index in [0.29, 0.717) is 0 Å². The van der Waals surface area contributed by atoms with Crippen molar-refractivity contribution in [2.24, 2.45) is 0 Å². The molecule has 1 aromatic carbocycles. The summed E-state index contributed by atoms with van der Waals surface area (Å²) >= 11 is 3.45. The highest BCUT2D eigenvalue weighted by atomic mass is 79.9. The van der Waals surface area contributed by atoms with E-state index in [9.17, 15) is 8.42 Å². The van der Waals surface area contributed by atoms with Crippen molar-refractivity contribution in [2.45, 2.75) is 43.5 Å². The van der Waals surface area contributed by atoms with Crippen molar-refractivity contribution in [1.82, 2.24) is 9.21 Å². The maximum atomic E-state index is 12.4. The van der Waals surface area contributed by atoms with Gasteiger partial charge in [-0.05, 0) is 49.9 Å². The Morgan fingerprint density at radius 2 is 1.91 bits per heavy atom. The number of hydrogen-bond acceptors (Lipinski definition) is 3. The molecular formula is C16H23BrN2O2S. The van der Waals surface area contributed by atoms with E-state index in [2.05, 4.69) is 45.1 Å². The Labute approximate surface area is 141 Å². The number of likely N-dealkylation sites (tertiary alicyclic amines) is 1. The van der Waals surface area contributed by atoms with Gasteiger partial charge in [-0.1, -0.05) is 28.1 Å². The zero-order valence-electron chi connectivity index (χ0n) is 12.9. The quantitative estimate of drug-likeness (QED) is 0.780. The van der Waals surface area contributed by atoms with Crippen molar-refractivity contribution in [2.75, 3.05) is 20.1 Å². The molecule has 0 N–H and O–H groups in total. The maximum Gasteiger partial charge on any atom is 0.217 e. The molecule has 0 bridgehead atoms. The Morgan fingerprint density at radius 1 is 1.23 bits per heavy atom. The third-order valence-corrected chi connectivity index (χ3v) is 7.60. The summed E-state index contributed by atoms with van der Waals surface area (Å²) in [5.41, 5.74) is 1.27. The van der Waals surface area contributed by atoms with Crippen LogP contribution in [0.3, 0.4) is 0 Å². The minimum absolute atomic E-state index is 0.112. The van der Waals surface area contributed by atoms with E-state index >= 15 is 0 Å². The van der Waals surface area contributed by atoms with E-state index in [-0.39, 0.29) is 11.3 Å². The summed E-state index contributed by atoms with van der Waals surface area (Å²) < 4.78 is 27.5. The summed E-state index contributed by atoms with van der Waals surface area (Å²) in [6, 6.07) is 8.48. The van der Waals surface area contributed by atoms with Crippen LogP contribution in [0.25, 0.3) is 0 Å². The third kappa shape index (κ3) is 3.72. The lowest BCUT2D eigenvalue weighted by Gasteiger charge is -2.37. The van der Waals surface area contributed by atoms with Crippen LogP contribution in [-0.2, 0) is 16.6 Å². The Kier molecular flexibility index (Phi) is 4.92. The van der Waals surface area contributed by atoms with E-state index in [4.69, 9.17) is 0 Å². The van der Waals surface area contributed by atoms with E-state index < -0.39 is 10.0 Å². The first-order chi connectivity index (χ1) is 10.5. The van der Waals surface area contributed by atoms with Gasteiger partial charge in [0.05, 0.1) is 5.25 Å². The van der Waals surface area contributed by atoms with Gasteiger partial charge in [0.25, 0.3) is 0 Å². The second-order valence-electron chi connectivity index (χ2n) is 6.42. The van der Waals surface area contributed by atoms with Crippen LogP contribution in [0, 0.1) is 0 Å². The van der Waals surface area contributed by atoms with E-state index in [1.165, 1.54) is 5.56 Å². The number of piperidine rings is 1. The van der Waals surface area contributed by atoms with Crippen LogP contribution in [0.4, 0.5) is 0 Å². The van der Waals surface area contributed by atoms with Crippen LogP contribution in [0.5, 0.6) is 0 Å². The maximum absolute atomic E-state index is 12.4. The molecule has 2 aliphatic rings. The van der Waals surface area contributed by atoms with Gasteiger partial charge in [-0.15, -0.1) is 0 Å². The number of nitrogens with zero attached hydrogens (tertiary/aromatic N) is 2. The third-order valence-electron chi connectivity index (χ3n) is 4.66. The van der Waals surface area contributed by atoms with Crippen molar-refractivity contribution < 1.29 is 8.42 Å². The summed E-state index contributed by atoms with van der Waals surface area (Å²) in [5.74, 6) is 0. The number of sulfonamides is 1. The van der Waals surface area contributed by atoms with Gasteiger partial charge in [0.15, 0.2) is 0 Å². The lowest BCUT2D eigenvalue weighted by atomic mass is 10.1. The van der Waals surface area contributed by atoms with Gasteiger partial charge in [-0.2, -0.15) is 0 Å². The zero-order valence-corrected chi connectivity index (χ0v) is 15.3. The number of hydrogen-bond donors (Lipinski definition) is 0. The molecular weight excluding hydrogens is 364 g/mol. The molecule has 6 heteroatoms. The Bertz CT molecular complexity index is 614. The average molecular weight is 387 g/mol. The molecule has 22 heavy (non-hydrogen) atoms. The molecule has 0 amide bonds. The summed E-state index contributed by atoms with van der Waals surface area (Å²) in [5, 5.41) is -0.112. The highest BCUT2D eigenvalue weighted by molar-refractivity contribution is 9.10. The minimum Gasteiger partial charge on any atom is -0.297 e. The van der Waals surface area contributed by atoms with Crippen molar-refractivity contribution >= 4 is 26.0 Å². The van der Waals surface area contributed by atoms with Crippen molar-refractivity contribution in [3.8, 4) is 0 Å². The van der Waals surface area contributed by atoms with Gasteiger partial charge in [0.2, 0.25) is 10.0 Å². The molecule has 1 saturated heterocycles. The predicted molar refractivity (Wildman–Crippen MR) is 92.1 cm³/mol. The molecule has 0 radical (unpaired) electrons. The predicted octanol–water partition coefficient (Wildman–Crippen LogP) is 2.84. The lowest BCUT2D eigenvalue weighted by Crippen LogP contribution is -2.48. The standard InChI is InChI=1S/C16H23BrN2O2S/c1-18(22(20,21)16-8-9-16)15-3-2-10-19(12-15)11-13-4-6-14(17)7-5-13/h4-7,15-16H,2-3,8-12H2,1H3. The normalized spacial score (nSPS) is 23.9. The smallest absolute Gasteiger partial charge is 0.217 e. The molecule has 0 spiro atoms. The van der Waals surface area contributed by atoms with Crippen LogP contribution in [-0.4, -0.2) is 49.1 Å². The minimum atomic E-state index is -3.07. The largest absolute Gasteiger partial charge is 0.297 e. The number of likely N-dealkylation sites (N-methyl/N-ethyl adjacent to an activating group) is 1. The van der Waals surface area contributed by atoms with Gasteiger partial charge in [-0.25, -0.2) is 12.7 Å². The summed E-state index contributed by atoms with van der Waals surface area (Å²) in [4.78, 5) is 2.37. The SMILES string of the molecule is CN(C1CCCN(Cc2ccc(Br)cc2)C1)S(=O)(=O)C1CC1. The van der Waals surface area contributed by atoms with Crippen LogP contribution in [0.15, 0.2) is 28.7 Å². The topological polar surface area (TPSA) is 40.6 Å². The monoisotopic (exact) mass is 386 g/mol. The molecule has 1 aromatic rings. The molecule has 1 atom stereocenters. The van der Waals surface area contributed by atoms with Gasteiger partial charge >= 0.3 is 0 Å². The van der Waals surface area contributed by atoms with Crippen LogP contribution in [0.2, 0.25) is 0 Å². The first-order valence-corrected chi connectivity index (χ1v) is 10.2. The average Bonchev–Trinajstić information content (AvgIpc) is 3.34. The molecule has 1 saturated carbocycles. The lowest BCUT2D eigenvalue weighted by molar-refractivity contribution is 0.153. The fourth-order valence-corrected chi connectivity index (χ4v) is 5.18. The molecule has 1 aliphatic carbocycles. The van der Waals surface area contributed by atoms with Crippen LogP contribution >= 0.6 is 15.9 Å². The first-order valence-electron chi connectivity index (χ1n) is 7.90. The molecule has 122 valence electrons. The number of rotatable bonds is 5. The molecule has 1 unspecified atom stereocenters. The van der Waals surface area contributed by atoms with Crippen molar-refractivity contribution in [3.63, 3.8) is 0 Å². The Morgan fingerprint density at radius 3 is 2.55 bits per heavy atom. The first kappa shape index (κ1) is 16.4. The highest BCUT2D eigenvalue weighted by Crippen LogP contribution is 2.32. The van der Waals surface area contributed by atoms with Crippen molar-refractivity contribution in [1.29, 1.82) is 0 Å². The van der Waals surface area contributed by atoms with Crippen molar-refractivity contribution in [3.05, 3.63) is 34.3 Å². The Balaban J connectivity index is 1.62. The summed E-state index contributed by atoms with van der Waals surface area (Å²) in [6.45, 7) is 2.77. The van der Waals surface area contributed by atoms with E-state index in [1.54, 1.807) is 11.4 Å². The van der Waals surface area contributed by atoms with E-state index in [0.717, 1.165) is 49.8 Å². The molecule has 1 aliphatic heterocycles. The Hall–Kier alpha value is -0.430. The molecule has 0 aromatic heterocycles. The second-order valence-corrected chi connectivity index (χ2v) is 9.61. The molecule has 2 fully saturated rings.